The number of anilines is 1. The molecular weight excluding hydrogens is 274 g/mol. The first-order chi connectivity index (χ1) is 10.0. The van der Waals surface area contributed by atoms with Crippen LogP contribution in [0.1, 0.15) is 16.9 Å². The Morgan fingerprint density at radius 2 is 2.33 bits per heavy atom. The maximum Gasteiger partial charge on any atom is 0.240 e. The number of ether oxygens (including phenoxy) is 1. The van der Waals surface area contributed by atoms with E-state index in [1.165, 1.54) is 0 Å². The predicted molar refractivity (Wildman–Crippen MR) is 74.8 cm³/mol. The molecule has 2 rings (SSSR count). The zero-order chi connectivity index (χ0) is 15.4. The van der Waals surface area contributed by atoms with Crippen LogP contribution >= 0.6 is 0 Å². The largest absolute Gasteiger partial charge is 0.444 e. The molecule has 7 heteroatoms. The minimum absolute atomic E-state index is 0.0622. The zero-order valence-electron chi connectivity index (χ0n) is 12.2. The van der Waals surface area contributed by atoms with Crippen molar-refractivity contribution in [3.05, 3.63) is 16.9 Å². The fraction of sp³-hybridized carbons (Fsp3) is 0.571. The van der Waals surface area contributed by atoms with Crippen molar-refractivity contribution in [3.63, 3.8) is 0 Å². The molecule has 0 aliphatic carbocycles. The highest BCUT2D eigenvalue weighted by Crippen LogP contribution is 2.25. The molecule has 7 nitrogen and oxygen atoms in total. The van der Waals surface area contributed by atoms with E-state index in [4.69, 9.17) is 19.5 Å². The van der Waals surface area contributed by atoms with Gasteiger partial charge in [0.05, 0.1) is 25.9 Å². The molecule has 1 aromatic heterocycles. The summed E-state index contributed by atoms with van der Waals surface area (Å²) in [5.41, 5.74) is 1.09. The van der Waals surface area contributed by atoms with E-state index < -0.39 is 0 Å². The van der Waals surface area contributed by atoms with Crippen molar-refractivity contribution in [2.75, 3.05) is 38.2 Å². The third-order valence-electron chi connectivity index (χ3n) is 3.54. The van der Waals surface area contributed by atoms with Crippen molar-refractivity contribution in [2.45, 2.75) is 20.0 Å². The van der Waals surface area contributed by atoms with Crippen molar-refractivity contribution in [1.82, 2.24) is 4.90 Å². The van der Waals surface area contributed by atoms with E-state index in [2.05, 4.69) is 5.32 Å². The average Bonchev–Trinajstić information content (AvgIpc) is 2.73. The molecule has 2 N–H and O–H groups in total. The summed E-state index contributed by atoms with van der Waals surface area (Å²) in [7, 11) is 0. The number of carbonyl (C=O) groups is 1. The number of nitrogens with zero attached hydrogens (tertiary/aromatic N) is 2. The first-order valence-corrected chi connectivity index (χ1v) is 6.80. The Balaban J connectivity index is 1.96. The minimum Gasteiger partial charge on any atom is -0.444 e. The van der Waals surface area contributed by atoms with Crippen LogP contribution in [0, 0.1) is 25.2 Å². The van der Waals surface area contributed by atoms with Gasteiger partial charge in [0.2, 0.25) is 11.8 Å². The van der Waals surface area contributed by atoms with Gasteiger partial charge < -0.3 is 14.3 Å². The summed E-state index contributed by atoms with van der Waals surface area (Å²) in [6.45, 7) is 5.26. The van der Waals surface area contributed by atoms with Crippen molar-refractivity contribution in [2.24, 2.45) is 0 Å². The van der Waals surface area contributed by atoms with Crippen LogP contribution in [0.4, 0.5) is 5.88 Å². The number of nitrogens with one attached hydrogen (secondary N) is 1. The van der Waals surface area contributed by atoms with Gasteiger partial charge in [-0.2, -0.15) is 5.26 Å². The number of furan rings is 1. The second-order valence-corrected chi connectivity index (χ2v) is 5.06. The molecule has 0 aromatic carbocycles. The van der Waals surface area contributed by atoms with E-state index in [0.29, 0.717) is 31.0 Å². The molecule has 114 valence electrons. The number of hydrogen-bond donors (Lipinski definition) is 2. The van der Waals surface area contributed by atoms with Crippen molar-refractivity contribution < 1.29 is 19.1 Å². The number of nitriles is 1. The van der Waals surface area contributed by atoms with Crippen molar-refractivity contribution in [1.29, 1.82) is 5.26 Å². The molecular formula is C14H19N3O4. The van der Waals surface area contributed by atoms with Gasteiger partial charge in [-0.3, -0.25) is 15.0 Å². The number of aliphatic hydroxyl groups excluding tert-OH is 1. The van der Waals surface area contributed by atoms with Crippen LogP contribution in [0.15, 0.2) is 4.42 Å². The van der Waals surface area contributed by atoms with Crippen molar-refractivity contribution in [3.8, 4) is 6.07 Å². The summed E-state index contributed by atoms with van der Waals surface area (Å²) >= 11 is 0. The van der Waals surface area contributed by atoms with Crippen LogP contribution in [0.3, 0.4) is 0 Å². The van der Waals surface area contributed by atoms with Crippen LogP contribution in [-0.4, -0.2) is 54.9 Å². The minimum atomic E-state index is -0.255. The van der Waals surface area contributed by atoms with E-state index in [1.54, 1.807) is 13.8 Å². The molecule has 0 radical (unpaired) electrons. The lowest BCUT2D eigenvalue weighted by molar-refractivity contribution is -0.120. The lowest BCUT2D eigenvalue weighted by Crippen LogP contribution is -2.46. The monoisotopic (exact) mass is 293 g/mol. The third-order valence-corrected chi connectivity index (χ3v) is 3.54. The number of rotatable bonds is 4. The third kappa shape index (κ3) is 3.61. The van der Waals surface area contributed by atoms with Crippen LogP contribution in [-0.2, 0) is 9.53 Å². The fourth-order valence-electron chi connectivity index (χ4n) is 2.25. The van der Waals surface area contributed by atoms with E-state index in [9.17, 15) is 4.79 Å². The topological polar surface area (TPSA) is 98.7 Å². The molecule has 1 aliphatic rings. The normalized spacial score (nSPS) is 19.2. The molecule has 1 atom stereocenters. The zero-order valence-corrected chi connectivity index (χ0v) is 12.2. The summed E-state index contributed by atoms with van der Waals surface area (Å²) in [6, 6.07) is 2.03. The Labute approximate surface area is 123 Å². The Kier molecular flexibility index (Phi) is 4.96. The van der Waals surface area contributed by atoms with Crippen LogP contribution < -0.4 is 5.32 Å². The second-order valence-electron chi connectivity index (χ2n) is 5.06. The second kappa shape index (κ2) is 6.72. The summed E-state index contributed by atoms with van der Waals surface area (Å²) in [4.78, 5) is 13.9. The Hall–Kier alpha value is -1.88. The molecule has 1 aliphatic heterocycles. The van der Waals surface area contributed by atoms with E-state index in [-0.39, 0.29) is 31.0 Å². The van der Waals surface area contributed by atoms with Gasteiger partial charge in [-0.05, 0) is 13.8 Å². The molecule has 1 saturated heterocycles. The van der Waals surface area contributed by atoms with Gasteiger partial charge >= 0.3 is 0 Å². The molecule has 1 fully saturated rings. The average molecular weight is 293 g/mol. The lowest BCUT2D eigenvalue weighted by Gasteiger charge is -2.31. The maximum atomic E-state index is 12.0. The van der Waals surface area contributed by atoms with E-state index in [0.717, 1.165) is 5.56 Å². The standard InChI is InChI=1S/C14H19N3O4/c1-9-10(2)21-14(12(9)5-15)16-13(19)7-17-3-4-20-11(6-17)8-18/h11,18H,3-4,6-8H2,1-2H3,(H,16,19). The van der Waals surface area contributed by atoms with Crippen molar-refractivity contribution >= 4 is 11.8 Å². The number of aryl methyl sites for hydroxylation is 1. The van der Waals surface area contributed by atoms with Gasteiger partial charge in [0, 0.05) is 18.7 Å². The number of amides is 1. The number of hydrogen-bond acceptors (Lipinski definition) is 6. The summed E-state index contributed by atoms with van der Waals surface area (Å²) in [5, 5.41) is 20.8. The van der Waals surface area contributed by atoms with Gasteiger partial charge in [0.15, 0.2) is 0 Å². The molecule has 1 amide bonds. The van der Waals surface area contributed by atoms with Gasteiger partial charge in [0.1, 0.15) is 17.4 Å². The van der Waals surface area contributed by atoms with Crippen LogP contribution in [0.5, 0.6) is 0 Å². The van der Waals surface area contributed by atoms with Gasteiger partial charge in [-0.1, -0.05) is 0 Å². The molecule has 0 bridgehead atoms. The maximum absolute atomic E-state index is 12.0. The Morgan fingerprint density at radius 1 is 1.57 bits per heavy atom. The predicted octanol–water partition coefficient (Wildman–Crippen LogP) is 0.400. The van der Waals surface area contributed by atoms with Gasteiger partial charge in [0.25, 0.3) is 0 Å². The Morgan fingerprint density at radius 3 is 3.00 bits per heavy atom. The highest BCUT2D eigenvalue weighted by molar-refractivity contribution is 5.92. The quantitative estimate of drug-likeness (QED) is 0.833. The number of morpholine rings is 1. The van der Waals surface area contributed by atoms with E-state index in [1.807, 2.05) is 11.0 Å². The summed E-state index contributed by atoms with van der Waals surface area (Å²) in [6.07, 6.45) is -0.255. The fourth-order valence-corrected chi connectivity index (χ4v) is 2.25. The molecule has 0 saturated carbocycles. The molecule has 2 heterocycles. The molecule has 21 heavy (non-hydrogen) atoms. The molecule has 1 aromatic rings. The Bertz CT molecular complexity index is 561. The smallest absolute Gasteiger partial charge is 0.240 e. The van der Waals surface area contributed by atoms with Crippen LogP contribution in [0.25, 0.3) is 0 Å². The van der Waals surface area contributed by atoms with Gasteiger partial charge in [-0.15, -0.1) is 0 Å². The molecule has 1 unspecified atom stereocenters. The van der Waals surface area contributed by atoms with E-state index >= 15 is 0 Å². The first kappa shape index (κ1) is 15.5. The lowest BCUT2D eigenvalue weighted by atomic mass is 10.2. The highest BCUT2D eigenvalue weighted by Gasteiger charge is 2.23. The first-order valence-electron chi connectivity index (χ1n) is 6.80. The number of aliphatic hydroxyl groups is 1. The SMILES string of the molecule is Cc1oc(NC(=O)CN2CCOC(CO)C2)c(C#N)c1C. The molecule has 0 spiro atoms. The summed E-state index contributed by atoms with van der Waals surface area (Å²) in [5.74, 6) is 0.567. The summed E-state index contributed by atoms with van der Waals surface area (Å²) < 4.78 is 10.7. The number of carbonyl (C=O) groups excluding carboxylic acids is 1. The van der Waals surface area contributed by atoms with Gasteiger partial charge in [-0.25, -0.2) is 0 Å². The highest BCUT2D eigenvalue weighted by atomic mass is 16.5. The van der Waals surface area contributed by atoms with Crippen LogP contribution in [0.2, 0.25) is 0 Å².